The molecule has 0 aromatic heterocycles. The second-order valence-corrected chi connectivity index (χ2v) is 4.52. The third-order valence-corrected chi connectivity index (χ3v) is 3.09. The molecule has 0 aliphatic rings. The average Bonchev–Trinajstić information content (AvgIpc) is 2.16. The first-order valence-corrected chi connectivity index (χ1v) is 5.07. The van der Waals surface area contributed by atoms with Gasteiger partial charge in [-0.25, -0.2) is 8.42 Å². The molecular formula is C8H4F3O3S. The van der Waals surface area contributed by atoms with Crippen LogP contribution in [0.2, 0.25) is 0 Å². The molecule has 7 heteroatoms. The highest BCUT2D eigenvalue weighted by Crippen LogP contribution is 2.29. The summed E-state index contributed by atoms with van der Waals surface area (Å²) >= 11 is 0. The Bertz CT molecular complexity index is 459. The minimum Gasteiger partial charge on any atom is -0.285 e. The number of halogens is 3. The zero-order chi connectivity index (χ0) is 11.7. The highest BCUT2D eigenvalue weighted by molar-refractivity contribution is 7.92. The second kappa shape index (κ2) is 3.65. The van der Waals surface area contributed by atoms with Crippen LogP contribution in [0, 0.1) is 0 Å². The molecule has 81 valence electrons. The summed E-state index contributed by atoms with van der Waals surface area (Å²) in [5.41, 5.74) is -5.35. The van der Waals surface area contributed by atoms with Crippen LogP contribution in [0.3, 0.4) is 0 Å². The van der Waals surface area contributed by atoms with E-state index in [1.54, 1.807) is 0 Å². The number of hydrogen-bond acceptors (Lipinski definition) is 3. The maximum Gasteiger partial charge on any atom is 0.501 e. The Labute approximate surface area is 83.4 Å². The Hall–Kier alpha value is -1.37. The molecule has 1 aromatic rings. The molecule has 1 radical (unpaired) electrons. The number of sulfone groups is 1. The van der Waals surface area contributed by atoms with Crippen LogP contribution in [0.4, 0.5) is 13.2 Å². The van der Waals surface area contributed by atoms with Crippen molar-refractivity contribution in [2.24, 2.45) is 0 Å². The molecule has 0 aliphatic carbocycles. The number of hydrogen-bond donors (Lipinski definition) is 0. The van der Waals surface area contributed by atoms with Crippen LogP contribution >= 0.6 is 0 Å². The monoisotopic (exact) mass is 237 g/mol. The molecule has 15 heavy (non-hydrogen) atoms. The van der Waals surface area contributed by atoms with E-state index in [0.717, 1.165) is 12.1 Å². The molecule has 0 amide bonds. The quantitative estimate of drug-likeness (QED) is 0.782. The molecule has 0 saturated carbocycles. The lowest BCUT2D eigenvalue weighted by Gasteiger charge is -2.07. The second-order valence-electron chi connectivity index (χ2n) is 2.58. The molecule has 1 rings (SSSR count). The van der Waals surface area contributed by atoms with Crippen LogP contribution in [0.1, 0.15) is 5.56 Å². The number of benzene rings is 1. The number of alkyl halides is 3. The van der Waals surface area contributed by atoms with Crippen molar-refractivity contribution >= 4 is 16.1 Å². The molecule has 0 N–H and O–H groups in total. The van der Waals surface area contributed by atoms with Gasteiger partial charge in [0.1, 0.15) is 0 Å². The summed E-state index contributed by atoms with van der Waals surface area (Å²) in [6.07, 6.45) is 1.42. The van der Waals surface area contributed by atoms with Crippen molar-refractivity contribution in [1.29, 1.82) is 0 Å². The van der Waals surface area contributed by atoms with Crippen molar-refractivity contribution in [3.8, 4) is 0 Å². The zero-order valence-electron chi connectivity index (χ0n) is 7.08. The van der Waals surface area contributed by atoms with Crippen molar-refractivity contribution in [3.05, 3.63) is 29.8 Å². The lowest BCUT2D eigenvalue weighted by molar-refractivity contribution is -0.0436. The van der Waals surface area contributed by atoms with Gasteiger partial charge in [-0.2, -0.15) is 13.2 Å². The van der Waals surface area contributed by atoms with Crippen LogP contribution < -0.4 is 0 Å². The van der Waals surface area contributed by atoms with Crippen LogP contribution in [-0.4, -0.2) is 20.2 Å². The topological polar surface area (TPSA) is 51.2 Å². The van der Waals surface area contributed by atoms with Gasteiger partial charge >= 0.3 is 5.51 Å². The van der Waals surface area contributed by atoms with Gasteiger partial charge in [0.25, 0.3) is 9.84 Å². The van der Waals surface area contributed by atoms with Crippen molar-refractivity contribution in [3.63, 3.8) is 0 Å². The number of rotatable bonds is 2. The van der Waals surface area contributed by atoms with Gasteiger partial charge in [-0.05, 0) is 24.3 Å². The van der Waals surface area contributed by atoms with E-state index in [-0.39, 0.29) is 5.56 Å². The van der Waals surface area contributed by atoms with Crippen LogP contribution in [0.5, 0.6) is 0 Å². The van der Waals surface area contributed by atoms with E-state index >= 15 is 0 Å². The molecule has 0 unspecified atom stereocenters. The Morgan fingerprint density at radius 3 is 1.87 bits per heavy atom. The third kappa shape index (κ3) is 2.17. The molecule has 0 spiro atoms. The van der Waals surface area contributed by atoms with Gasteiger partial charge in [-0.1, -0.05) is 0 Å². The first-order chi connectivity index (χ1) is 6.79. The summed E-state index contributed by atoms with van der Waals surface area (Å²) in [7, 11) is -5.33. The van der Waals surface area contributed by atoms with Crippen LogP contribution in [0.15, 0.2) is 29.2 Å². The minimum atomic E-state index is -5.33. The van der Waals surface area contributed by atoms with E-state index < -0.39 is 20.2 Å². The smallest absolute Gasteiger partial charge is 0.285 e. The van der Waals surface area contributed by atoms with E-state index in [1.807, 2.05) is 0 Å². The van der Waals surface area contributed by atoms with Gasteiger partial charge < -0.3 is 0 Å². The zero-order valence-corrected chi connectivity index (χ0v) is 7.89. The lowest BCUT2D eigenvalue weighted by Crippen LogP contribution is -2.23. The number of carbonyl (C=O) groups excluding carboxylic acids is 1. The Balaban J connectivity index is 3.24. The Kier molecular flexibility index (Phi) is 2.85. The van der Waals surface area contributed by atoms with Crippen molar-refractivity contribution in [2.75, 3.05) is 0 Å². The predicted octanol–water partition coefficient (Wildman–Crippen LogP) is 1.44. The summed E-state index contributed by atoms with van der Waals surface area (Å²) in [6, 6.07) is 3.32. The highest BCUT2D eigenvalue weighted by Gasteiger charge is 2.46. The van der Waals surface area contributed by atoms with Crippen LogP contribution in [-0.2, 0) is 14.6 Å². The van der Waals surface area contributed by atoms with Gasteiger partial charge in [0, 0.05) is 5.56 Å². The van der Waals surface area contributed by atoms with Gasteiger partial charge in [0.15, 0.2) is 0 Å². The summed E-state index contributed by atoms with van der Waals surface area (Å²) in [5.74, 6) is 0. The van der Waals surface area contributed by atoms with E-state index in [2.05, 4.69) is 0 Å². The molecule has 3 nitrogen and oxygen atoms in total. The largest absolute Gasteiger partial charge is 0.501 e. The molecule has 0 aliphatic heterocycles. The molecule has 0 heterocycles. The summed E-state index contributed by atoms with van der Waals surface area (Å²) in [4.78, 5) is 9.17. The Morgan fingerprint density at radius 1 is 1.07 bits per heavy atom. The highest BCUT2D eigenvalue weighted by atomic mass is 32.2. The maximum absolute atomic E-state index is 12.0. The van der Waals surface area contributed by atoms with E-state index in [0.29, 0.717) is 12.1 Å². The normalized spacial score (nSPS) is 12.5. The van der Waals surface area contributed by atoms with Crippen molar-refractivity contribution in [1.82, 2.24) is 0 Å². The maximum atomic E-state index is 12.0. The van der Waals surface area contributed by atoms with Gasteiger partial charge in [0.05, 0.1) is 4.90 Å². The van der Waals surface area contributed by atoms with E-state index in [4.69, 9.17) is 0 Å². The molecular weight excluding hydrogens is 233 g/mol. The summed E-state index contributed by atoms with van der Waals surface area (Å²) in [5, 5.41) is 0. The fourth-order valence-electron chi connectivity index (χ4n) is 0.836. The molecule has 0 saturated heterocycles. The van der Waals surface area contributed by atoms with E-state index in [1.165, 1.54) is 6.29 Å². The molecule has 1 aromatic carbocycles. The SMILES string of the molecule is O=[C]c1ccc(S(=O)(=O)C(F)(F)F)cc1. The van der Waals surface area contributed by atoms with Crippen molar-refractivity contribution in [2.45, 2.75) is 10.4 Å². The summed E-state index contributed by atoms with van der Waals surface area (Å²) < 4.78 is 57.8. The average molecular weight is 237 g/mol. The van der Waals surface area contributed by atoms with E-state index in [9.17, 15) is 26.4 Å². The first-order valence-electron chi connectivity index (χ1n) is 3.58. The third-order valence-electron chi connectivity index (χ3n) is 1.59. The van der Waals surface area contributed by atoms with Gasteiger partial charge in [0.2, 0.25) is 6.29 Å². The van der Waals surface area contributed by atoms with Crippen LogP contribution in [0.25, 0.3) is 0 Å². The summed E-state index contributed by atoms with van der Waals surface area (Å²) in [6.45, 7) is 0. The van der Waals surface area contributed by atoms with Crippen molar-refractivity contribution < 1.29 is 26.4 Å². The van der Waals surface area contributed by atoms with Gasteiger partial charge in [-0.3, -0.25) is 4.79 Å². The molecule has 0 fully saturated rings. The first kappa shape index (κ1) is 11.7. The Morgan fingerprint density at radius 2 is 1.53 bits per heavy atom. The predicted molar refractivity (Wildman–Crippen MR) is 44.5 cm³/mol. The standard InChI is InChI=1S/C8H4F3O3S/c9-8(10,11)15(13,14)7-3-1-6(5-12)2-4-7/h1-4H. The molecule has 0 atom stereocenters. The van der Waals surface area contributed by atoms with Gasteiger partial charge in [-0.15, -0.1) is 0 Å². The minimum absolute atomic E-state index is 0.0175. The fourth-order valence-corrected chi connectivity index (χ4v) is 1.60. The lowest BCUT2D eigenvalue weighted by atomic mass is 10.2. The molecule has 0 bridgehead atoms. The fraction of sp³-hybridized carbons (Fsp3) is 0.125.